The Balaban J connectivity index is 2.02. The first-order chi connectivity index (χ1) is 13.6. The van der Waals surface area contributed by atoms with Crippen LogP contribution in [0.4, 0.5) is 11.4 Å². The Morgan fingerprint density at radius 3 is 2.41 bits per heavy atom. The lowest BCUT2D eigenvalue weighted by Gasteiger charge is -2.27. The summed E-state index contributed by atoms with van der Waals surface area (Å²) in [6.45, 7) is 0. The predicted molar refractivity (Wildman–Crippen MR) is 120 cm³/mol. The molecule has 0 aliphatic rings. The van der Waals surface area contributed by atoms with Gasteiger partial charge in [-0.25, -0.2) is 0 Å². The molecule has 29 heavy (non-hydrogen) atoms. The zero-order valence-corrected chi connectivity index (χ0v) is 17.7. The van der Waals surface area contributed by atoms with Crippen molar-refractivity contribution < 1.29 is 9.72 Å². The number of nitro benzene ring substituents is 1. The Labute approximate surface area is 187 Å². The summed E-state index contributed by atoms with van der Waals surface area (Å²) in [6, 6.07) is 14.9. The van der Waals surface area contributed by atoms with Gasteiger partial charge >= 0.3 is 0 Å². The first-order valence-corrected chi connectivity index (χ1v) is 9.61. The Hall–Kier alpha value is -2.39. The van der Waals surface area contributed by atoms with Crippen LogP contribution in [0.25, 0.3) is 6.08 Å². The summed E-state index contributed by atoms with van der Waals surface area (Å²) in [7, 11) is 0. The lowest BCUT2D eigenvalue weighted by Crippen LogP contribution is -2.55. The fourth-order valence-corrected chi connectivity index (χ4v) is 2.68. The van der Waals surface area contributed by atoms with Crippen molar-refractivity contribution in [2.24, 2.45) is 0 Å². The molecule has 0 saturated heterocycles. The number of thiocarbonyl (C=S) groups is 1. The number of carbonyl (C=O) groups excluding carboxylic acids is 1. The van der Waals surface area contributed by atoms with E-state index in [1.807, 2.05) is 30.3 Å². The van der Waals surface area contributed by atoms with Gasteiger partial charge in [0.05, 0.1) is 4.92 Å². The maximum Gasteiger partial charge on any atom is 0.271 e. The molecule has 2 aromatic carbocycles. The van der Waals surface area contributed by atoms with E-state index in [2.05, 4.69) is 16.0 Å². The summed E-state index contributed by atoms with van der Waals surface area (Å²) in [4.78, 5) is 22.5. The van der Waals surface area contributed by atoms with Gasteiger partial charge in [0.25, 0.3) is 5.69 Å². The molecule has 0 aromatic heterocycles. The molecule has 7 nitrogen and oxygen atoms in total. The average molecular weight is 474 g/mol. The van der Waals surface area contributed by atoms with Crippen LogP contribution in [-0.4, -0.2) is 25.9 Å². The van der Waals surface area contributed by atoms with Crippen LogP contribution in [0.1, 0.15) is 5.56 Å². The summed E-state index contributed by atoms with van der Waals surface area (Å²) in [5, 5.41) is 18.8. The van der Waals surface area contributed by atoms with Crippen molar-refractivity contribution in [3.05, 3.63) is 76.4 Å². The third-order valence-electron chi connectivity index (χ3n) is 3.43. The number of non-ortho nitro benzene ring substituents is 1. The highest BCUT2D eigenvalue weighted by molar-refractivity contribution is 7.80. The topological polar surface area (TPSA) is 96.3 Å². The van der Waals surface area contributed by atoms with Crippen LogP contribution in [0, 0.1) is 10.1 Å². The van der Waals surface area contributed by atoms with E-state index in [9.17, 15) is 14.9 Å². The number of anilines is 1. The van der Waals surface area contributed by atoms with Crippen molar-refractivity contribution >= 4 is 75.5 Å². The second-order valence-corrected chi connectivity index (χ2v) is 8.41. The van der Waals surface area contributed by atoms with Crippen molar-refractivity contribution in [3.63, 3.8) is 0 Å². The van der Waals surface area contributed by atoms with E-state index >= 15 is 0 Å². The van der Waals surface area contributed by atoms with Crippen LogP contribution >= 0.6 is 47.0 Å². The minimum atomic E-state index is -1.93. The Kier molecular flexibility index (Phi) is 8.21. The molecule has 0 saturated carbocycles. The number of nitrogens with one attached hydrogen (secondary N) is 3. The molecule has 2 aromatic rings. The van der Waals surface area contributed by atoms with Gasteiger partial charge in [0.1, 0.15) is 6.17 Å². The minimum absolute atomic E-state index is 0.00541. The van der Waals surface area contributed by atoms with Gasteiger partial charge < -0.3 is 16.0 Å². The second-order valence-electron chi connectivity index (χ2n) is 5.63. The van der Waals surface area contributed by atoms with Crippen LogP contribution in [0.5, 0.6) is 0 Å². The Morgan fingerprint density at radius 1 is 1.10 bits per heavy atom. The summed E-state index contributed by atoms with van der Waals surface area (Å²) in [6.07, 6.45) is 1.72. The van der Waals surface area contributed by atoms with E-state index in [1.54, 1.807) is 12.1 Å². The lowest BCUT2D eigenvalue weighted by molar-refractivity contribution is -0.384. The lowest BCUT2D eigenvalue weighted by atomic mass is 10.2. The fourth-order valence-electron chi connectivity index (χ4n) is 2.12. The zero-order valence-electron chi connectivity index (χ0n) is 14.6. The average Bonchev–Trinajstić information content (AvgIpc) is 2.66. The molecule has 0 aliphatic carbocycles. The highest BCUT2D eigenvalue weighted by Gasteiger charge is 2.34. The molecule has 0 aliphatic heterocycles. The van der Waals surface area contributed by atoms with E-state index in [-0.39, 0.29) is 10.8 Å². The Morgan fingerprint density at radius 2 is 1.79 bits per heavy atom. The molecule has 0 radical (unpaired) electrons. The number of nitrogens with zero attached hydrogens (tertiary/aromatic N) is 1. The zero-order chi connectivity index (χ0) is 21.4. The van der Waals surface area contributed by atoms with Gasteiger partial charge in [-0.2, -0.15) is 0 Å². The van der Waals surface area contributed by atoms with E-state index in [1.165, 1.54) is 24.3 Å². The van der Waals surface area contributed by atoms with E-state index in [4.69, 9.17) is 47.0 Å². The SMILES string of the molecule is O=C(/C=C/c1ccccc1)NC(NC(=S)Nc1cccc([N+](=O)[O-])c1)C(Cl)(Cl)Cl. The van der Waals surface area contributed by atoms with Crippen LogP contribution in [0.3, 0.4) is 0 Å². The van der Waals surface area contributed by atoms with Gasteiger partial charge in [0.15, 0.2) is 5.11 Å². The Bertz CT molecular complexity index is 920. The van der Waals surface area contributed by atoms with Crippen LogP contribution in [-0.2, 0) is 4.79 Å². The molecule has 11 heteroatoms. The van der Waals surface area contributed by atoms with Crippen LogP contribution in [0.15, 0.2) is 60.7 Å². The minimum Gasteiger partial charge on any atom is -0.339 e. The molecule has 1 amide bonds. The van der Waals surface area contributed by atoms with Gasteiger partial charge in [-0.05, 0) is 29.9 Å². The number of nitro groups is 1. The third kappa shape index (κ3) is 7.86. The first-order valence-electron chi connectivity index (χ1n) is 8.07. The molecule has 0 bridgehead atoms. The van der Waals surface area contributed by atoms with Gasteiger partial charge in [0, 0.05) is 23.9 Å². The summed E-state index contributed by atoms with van der Waals surface area (Å²) < 4.78 is -1.93. The van der Waals surface area contributed by atoms with Crippen LogP contribution < -0.4 is 16.0 Å². The van der Waals surface area contributed by atoms with Crippen molar-refractivity contribution in [1.82, 2.24) is 10.6 Å². The first kappa shape index (κ1) is 22.9. The van der Waals surface area contributed by atoms with E-state index in [0.717, 1.165) is 5.56 Å². The van der Waals surface area contributed by atoms with Gasteiger partial charge in [-0.3, -0.25) is 14.9 Å². The number of benzene rings is 2. The number of hydrogen-bond donors (Lipinski definition) is 3. The molecule has 3 N–H and O–H groups in total. The number of hydrogen-bond acceptors (Lipinski definition) is 4. The molecular weight excluding hydrogens is 459 g/mol. The maximum absolute atomic E-state index is 12.2. The molecule has 0 heterocycles. The number of carbonyl (C=O) groups is 1. The smallest absolute Gasteiger partial charge is 0.271 e. The maximum atomic E-state index is 12.2. The predicted octanol–water partition coefficient (Wildman–Crippen LogP) is 4.41. The third-order valence-corrected chi connectivity index (χ3v) is 4.31. The summed E-state index contributed by atoms with van der Waals surface area (Å²) in [5.74, 6) is -0.518. The second kappa shape index (κ2) is 10.4. The van der Waals surface area contributed by atoms with Crippen LogP contribution in [0.2, 0.25) is 0 Å². The van der Waals surface area contributed by atoms with Gasteiger partial charge in [-0.1, -0.05) is 71.2 Å². The molecule has 152 valence electrons. The standard InChI is InChI=1S/C18H15Cl3N4O3S/c19-18(20,21)16(23-15(26)10-9-12-5-2-1-3-6-12)24-17(29)22-13-7-4-8-14(11-13)25(27)28/h1-11,16H,(H,23,26)(H2,22,24,29)/b10-9+. The van der Waals surface area contributed by atoms with Crippen molar-refractivity contribution in [3.8, 4) is 0 Å². The normalized spacial score (nSPS) is 12.2. The summed E-state index contributed by atoms with van der Waals surface area (Å²) in [5.41, 5.74) is 1.06. The van der Waals surface area contributed by atoms with Crippen molar-refractivity contribution in [2.45, 2.75) is 9.96 Å². The molecule has 0 spiro atoms. The summed E-state index contributed by atoms with van der Waals surface area (Å²) >= 11 is 22.9. The molecule has 0 fully saturated rings. The highest BCUT2D eigenvalue weighted by atomic mass is 35.6. The van der Waals surface area contributed by atoms with Crippen molar-refractivity contribution in [2.75, 3.05) is 5.32 Å². The number of alkyl halides is 3. The molecule has 1 atom stereocenters. The largest absolute Gasteiger partial charge is 0.339 e. The van der Waals surface area contributed by atoms with E-state index < -0.39 is 20.8 Å². The number of halogens is 3. The van der Waals surface area contributed by atoms with Gasteiger partial charge in [-0.15, -0.1) is 0 Å². The molecule has 2 rings (SSSR count). The molecule has 1 unspecified atom stereocenters. The monoisotopic (exact) mass is 472 g/mol. The molecular formula is C18H15Cl3N4O3S. The van der Waals surface area contributed by atoms with Crippen molar-refractivity contribution in [1.29, 1.82) is 0 Å². The number of rotatable bonds is 6. The quantitative estimate of drug-likeness (QED) is 0.144. The number of amides is 1. The fraction of sp³-hybridized carbons (Fsp3) is 0.111. The van der Waals surface area contributed by atoms with E-state index in [0.29, 0.717) is 5.69 Å². The highest BCUT2D eigenvalue weighted by Crippen LogP contribution is 2.29. The van der Waals surface area contributed by atoms with Gasteiger partial charge in [0.2, 0.25) is 9.70 Å².